The molecule has 0 aromatic heterocycles. The average molecular weight is 254 g/mol. The van der Waals surface area contributed by atoms with E-state index in [0.29, 0.717) is 5.02 Å². The van der Waals surface area contributed by atoms with E-state index in [1.54, 1.807) is 7.11 Å². The largest absolute Gasteiger partial charge is 0.495 e. The lowest BCUT2D eigenvalue weighted by Crippen LogP contribution is -2.32. The SMILES string of the molecule is COc1ccc(CN2CCC(C)CC2)cc1Cl. The molecule has 0 saturated carbocycles. The van der Waals surface area contributed by atoms with E-state index in [1.165, 1.54) is 31.5 Å². The molecule has 2 rings (SSSR count). The van der Waals surface area contributed by atoms with Crippen LogP contribution in [0.3, 0.4) is 0 Å². The summed E-state index contributed by atoms with van der Waals surface area (Å²) in [6.07, 6.45) is 2.62. The highest BCUT2D eigenvalue weighted by Crippen LogP contribution is 2.26. The smallest absolute Gasteiger partial charge is 0.137 e. The van der Waals surface area contributed by atoms with Crippen molar-refractivity contribution in [3.63, 3.8) is 0 Å². The summed E-state index contributed by atoms with van der Waals surface area (Å²) in [5.74, 6) is 1.63. The molecule has 3 heteroatoms. The first-order valence-corrected chi connectivity index (χ1v) is 6.61. The van der Waals surface area contributed by atoms with Crippen LogP contribution >= 0.6 is 11.6 Å². The maximum Gasteiger partial charge on any atom is 0.137 e. The third-order valence-corrected chi connectivity index (χ3v) is 3.79. The van der Waals surface area contributed by atoms with Gasteiger partial charge in [0.2, 0.25) is 0 Å². The molecular formula is C14H20ClNO. The fourth-order valence-electron chi connectivity index (χ4n) is 2.29. The lowest BCUT2D eigenvalue weighted by molar-refractivity contribution is 0.185. The van der Waals surface area contributed by atoms with Gasteiger partial charge in [0.25, 0.3) is 0 Å². The number of methoxy groups -OCH3 is 1. The topological polar surface area (TPSA) is 12.5 Å². The van der Waals surface area contributed by atoms with Crippen molar-refractivity contribution < 1.29 is 4.74 Å². The van der Waals surface area contributed by atoms with E-state index in [1.807, 2.05) is 12.1 Å². The van der Waals surface area contributed by atoms with Crippen LogP contribution in [-0.4, -0.2) is 25.1 Å². The van der Waals surface area contributed by atoms with E-state index in [4.69, 9.17) is 16.3 Å². The zero-order chi connectivity index (χ0) is 12.3. The van der Waals surface area contributed by atoms with Crippen molar-refractivity contribution in [1.82, 2.24) is 4.90 Å². The van der Waals surface area contributed by atoms with E-state index >= 15 is 0 Å². The molecule has 1 aliphatic heterocycles. The molecule has 1 heterocycles. The number of nitrogens with zero attached hydrogens (tertiary/aromatic N) is 1. The monoisotopic (exact) mass is 253 g/mol. The van der Waals surface area contributed by atoms with Gasteiger partial charge < -0.3 is 4.74 Å². The van der Waals surface area contributed by atoms with Gasteiger partial charge >= 0.3 is 0 Å². The second-order valence-electron chi connectivity index (χ2n) is 4.93. The lowest BCUT2D eigenvalue weighted by atomic mass is 9.99. The number of rotatable bonds is 3. The predicted octanol–water partition coefficient (Wildman–Crippen LogP) is 3.58. The number of hydrogen-bond acceptors (Lipinski definition) is 2. The second-order valence-corrected chi connectivity index (χ2v) is 5.33. The van der Waals surface area contributed by atoms with Crippen molar-refractivity contribution in [3.05, 3.63) is 28.8 Å². The van der Waals surface area contributed by atoms with E-state index in [9.17, 15) is 0 Å². The Labute approximate surface area is 109 Å². The van der Waals surface area contributed by atoms with Crippen molar-refractivity contribution in [2.45, 2.75) is 26.3 Å². The molecule has 0 aliphatic carbocycles. The maximum atomic E-state index is 6.13. The summed E-state index contributed by atoms with van der Waals surface area (Å²) in [6.45, 7) is 5.73. The van der Waals surface area contributed by atoms with Gasteiger partial charge in [-0.2, -0.15) is 0 Å². The molecule has 1 saturated heterocycles. The van der Waals surface area contributed by atoms with Crippen molar-refractivity contribution in [1.29, 1.82) is 0 Å². The predicted molar refractivity (Wildman–Crippen MR) is 71.7 cm³/mol. The summed E-state index contributed by atoms with van der Waals surface area (Å²) in [6, 6.07) is 6.06. The number of benzene rings is 1. The Hall–Kier alpha value is -0.730. The highest BCUT2D eigenvalue weighted by molar-refractivity contribution is 6.32. The van der Waals surface area contributed by atoms with Crippen LogP contribution in [0, 0.1) is 5.92 Å². The van der Waals surface area contributed by atoms with Crippen molar-refractivity contribution in [2.75, 3.05) is 20.2 Å². The minimum atomic E-state index is 0.704. The van der Waals surface area contributed by atoms with Crippen molar-refractivity contribution >= 4 is 11.6 Å². The molecule has 1 aromatic carbocycles. The van der Waals surface area contributed by atoms with Gasteiger partial charge in [0.1, 0.15) is 5.75 Å². The van der Waals surface area contributed by atoms with E-state index < -0.39 is 0 Å². The molecule has 0 N–H and O–H groups in total. The summed E-state index contributed by atoms with van der Waals surface area (Å²) in [7, 11) is 1.65. The van der Waals surface area contributed by atoms with Gasteiger partial charge in [0.05, 0.1) is 12.1 Å². The first kappa shape index (κ1) is 12.7. The van der Waals surface area contributed by atoms with Crippen LogP contribution < -0.4 is 4.74 Å². The average Bonchev–Trinajstić information content (AvgIpc) is 2.32. The van der Waals surface area contributed by atoms with Gasteiger partial charge in [0.15, 0.2) is 0 Å². The summed E-state index contributed by atoms with van der Waals surface area (Å²) in [5.41, 5.74) is 1.27. The zero-order valence-corrected chi connectivity index (χ0v) is 11.3. The van der Waals surface area contributed by atoms with Gasteiger partial charge in [-0.05, 0) is 49.5 Å². The standard InChI is InChI=1S/C14H20ClNO/c1-11-5-7-16(8-6-11)10-12-3-4-14(17-2)13(15)9-12/h3-4,9,11H,5-8,10H2,1-2H3. The van der Waals surface area contributed by atoms with E-state index in [0.717, 1.165) is 18.2 Å². The van der Waals surface area contributed by atoms with Crippen LogP contribution in [0.5, 0.6) is 5.75 Å². The van der Waals surface area contributed by atoms with Crippen LogP contribution in [0.15, 0.2) is 18.2 Å². The molecule has 0 radical (unpaired) electrons. The number of halogens is 1. The Morgan fingerprint density at radius 3 is 2.65 bits per heavy atom. The zero-order valence-electron chi connectivity index (χ0n) is 10.6. The summed E-state index contributed by atoms with van der Waals surface area (Å²) in [5, 5.41) is 0.704. The highest BCUT2D eigenvalue weighted by atomic mass is 35.5. The Morgan fingerprint density at radius 1 is 1.35 bits per heavy atom. The molecule has 0 amide bonds. The maximum absolute atomic E-state index is 6.13. The minimum absolute atomic E-state index is 0.704. The molecule has 0 spiro atoms. The second kappa shape index (κ2) is 5.74. The van der Waals surface area contributed by atoms with E-state index in [-0.39, 0.29) is 0 Å². The van der Waals surface area contributed by atoms with Crippen LogP contribution in [0.4, 0.5) is 0 Å². The summed E-state index contributed by atoms with van der Waals surface area (Å²) < 4.78 is 5.16. The van der Waals surface area contributed by atoms with Gasteiger partial charge in [0, 0.05) is 6.54 Å². The minimum Gasteiger partial charge on any atom is -0.495 e. The lowest BCUT2D eigenvalue weighted by Gasteiger charge is -2.30. The summed E-state index contributed by atoms with van der Waals surface area (Å²) in [4.78, 5) is 2.50. The number of likely N-dealkylation sites (tertiary alicyclic amines) is 1. The number of hydrogen-bond donors (Lipinski definition) is 0. The first-order valence-electron chi connectivity index (χ1n) is 6.24. The quantitative estimate of drug-likeness (QED) is 0.817. The van der Waals surface area contributed by atoms with Crippen LogP contribution in [0.25, 0.3) is 0 Å². The molecule has 17 heavy (non-hydrogen) atoms. The molecule has 1 aromatic rings. The van der Waals surface area contributed by atoms with Gasteiger partial charge in [-0.15, -0.1) is 0 Å². The molecule has 2 nitrogen and oxygen atoms in total. The Balaban J connectivity index is 1.97. The van der Waals surface area contributed by atoms with Crippen molar-refractivity contribution in [3.8, 4) is 5.75 Å². The van der Waals surface area contributed by atoms with E-state index in [2.05, 4.69) is 17.9 Å². The van der Waals surface area contributed by atoms with Crippen LogP contribution in [-0.2, 0) is 6.54 Å². The molecule has 1 aliphatic rings. The molecule has 0 unspecified atom stereocenters. The molecule has 94 valence electrons. The van der Waals surface area contributed by atoms with Crippen LogP contribution in [0.1, 0.15) is 25.3 Å². The number of ether oxygens (including phenoxy) is 1. The Kier molecular flexibility index (Phi) is 4.30. The Bertz CT molecular complexity index is 372. The highest BCUT2D eigenvalue weighted by Gasteiger charge is 2.15. The van der Waals surface area contributed by atoms with Gasteiger partial charge in [-0.3, -0.25) is 4.90 Å². The third kappa shape index (κ3) is 3.36. The normalized spacial score (nSPS) is 18.3. The molecular weight excluding hydrogens is 234 g/mol. The van der Waals surface area contributed by atoms with Gasteiger partial charge in [-0.1, -0.05) is 24.6 Å². The van der Waals surface area contributed by atoms with Crippen LogP contribution in [0.2, 0.25) is 5.02 Å². The molecule has 0 atom stereocenters. The number of piperidine rings is 1. The first-order chi connectivity index (χ1) is 8.19. The fourth-order valence-corrected chi connectivity index (χ4v) is 2.57. The van der Waals surface area contributed by atoms with Crippen molar-refractivity contribution in [2.24, 2.45) is 5.92 Å². The summed E-state index contributed by atoms with van der Waals surface area (Å²) >= 11 is 6.13. The molecule has 0 bridgehead atoms. The fraction of sp³-hybridized carbons (Fsp3) is 0.571. The van der Waals surface area contributed by atoms with Gasteiger partial charge in [-0.25, -0.2) is 0 Å². The third-order valence-electron chi connectivity index (χ3n) is 3.50. The Morgan fingerprint density at radius 2 is 2.06 bits per heavy atom. The molecule has 1 fully saturated rings.